The zero-order chi connectivity index (χ0) is 10.7. The second-order valence-corrected chi connectivity index (χ2v) is 3.96. The maximum Gasteiger partial charge on any atom is 1.00 e. The van der Waals surface area contributed by atoms with Gasteiger partial charge in [0.2, 0.25) is 0 Å². The van der Waals surface area contributed by atoms with Crippen molar-refractivity contribution in [3.8, 4) is 0 Å². The fourth-order valence-corrected chi connectivity index (χ4v) is 2.07. The number of carboxylic acids is 1. The van der Waals surface area contributed by atoms with Gasteiger partial charge in [-0.15, -0.1) is 0 Å². The smallest absolute Gasteiger partial charge is 0.549 e. The minimum Gasteiger partial charge on any atom is -0.549 e. The van der Waals surface area contributed by atoms with Crippen LogP contribution < -0.4 is 34.7 Å². The quantitative estimate of drug-likeness (QED) is 0.464. The van der Waals surface area contributed by atoms with Crippen LogP contribution in [-0.2, 0) is 4.79 Å². The van der Waals surface area contributed by atoms with E-state index in [0.29, 0.717) is 0 Å². The number of aromatic nitrogens is 1. The predicted molar refractivity (Wildman–Crippen MR) is 57.5 cm³/mol. The summed E-state index contributed by atoms with van der Waals surface area (Å²) in [5.41, 5.74) is 0. The Bertz CT molecular complexity index is 499. The fourth-order valence-electron chi connectivity index (χ4n) is 1.33. The van der Waals surface area contributed by atoms with E-state index in [0.717, 1.165) is 15.8 Å². The van der Waals surface area contributed by atoms with Crippen LogP contribution in [0.15, 0.2) is 41.6 Å². The Morgan fingerprint density at radius 1 is 1.31 bits per heavy atom. The van der Waals surface area contributed by atoms with E-state index in [2.05, 4.69) is 4.98 Å². The number of benzene rings is 1. The predicted octanol–water partition coefficient (Wildman–Crippen LogP) is -1.92. The summed E-state index contributed by atoms with van der Waals surface area (Å²) in [7, 11) is 0. The molecule has 2 aromatic rings. The normalized spacial score (nSPS) is 9.75. The number of thioether (sulfide) groups is 1. The fraction of sp³-hybridized carbons (Fsp3) is 0.0909. The number of nitrogens with zero attached hydrogens (tertiary/aromatic N) is 1. The maximum absolute atomic E-state index is 10.3. The summed E-state index contributed by atoms with van der Waals surface area (Å²) in [6.07, 6.45) is 1.68. The Kier molecular flexibility index (Phi) is 5.28. The van der Waals surface area contributed by atoms with E-state index in [-0.39, 0.29) is 35.3 Å². The molecule has 76 valence electrons. The van der Waals surface area contributed by atoms with Crippen molar-refractivity contribution in [2.45, 2.75) is 5.03 Å². The third kappa shape index (κ3) is 3.22. The minimum absolute atomic E-state index is 0. The van der Waals surface area contributed by atoms with Gasteiger partial charge >= 0.3 is 29.6 Å². The Labute approximate surface area is 120 Å². The van der Waals surface area contributed by atoms with Crippen molar-refractivity contribution in [2.24, 2.45) is 0 Å². The molecule has 0 N–H and O–H groups in total. The van der Waals surface area contributed by atoms with Gasteiger partial charge in [0.15, 0.2) is 0 Å². The first-order valence-electron chi connectivity index (χ1n) is 4.44. The van der Waals surface area contributed by atoms with Crippen LogP contribution in [0.25, 0.3) is 10.8 Å². The zero-order valence-corrected chi connectivity index (χ0v) is 11.7. The summed E-state index contributed by atoms with van der Waals surface area (Å²) in [4.78, 5) is 14.5. The summed E-state index contributed by atoms with van der Waals surface area (Å²) in [5, 5.41) is 13.1. The van der Waals surface area contributed by atoms with Crippen molar-refractivity contribution in [1.82, 2.24) is 4.98 Å². The van der Waals surface area contributed by atoms with Gasteiger partial charge in [-0.2, -0.15) is 0 Å². The Hall–Kier alpha value is -0.550. The molecule has 0 saturated carbocycles. The number of carbonyl (C=O) groups excluding carboxylic acids is 1. The average Bonchev–Trinajstić information content (AvgIpc) is 2.26. The Balaban J connectivity index is 0.00000128. The monoisotopic (exact) mass is 241 g/mol. The van der Waals surface area contributed by atoms with Crippen LogP contribution in [0.2, 0.25) is 0 Å². The van der Waals surface area contributed by atoms with E-state index in [9.17, 15) is 9.90 Å². The molecule has 0 unspecified atom stereocenters. The van der Waals surface area contributed by atoms with Crippen molar-refractivity contribution in [2.75, 3.05) is 5.75 Å². The third-order valence-corrected chi connectivity index (χ3v) is 2.94. The summed E-state index contributed by atoms with van der Waals surface area (Å²) in [6, 6.07) is 9.65. The first-order chi connectivity index (χ1) is 7.27. The van der Waals surface area contributed by atoms with Gasteiger partial charge in [-0.25, -0.2) is 4.98 Å². The number of carbonyl (C=O) groups is 1. The number of aliphatic carboxylic acids is 1. The van der Waals surface area contributed by atoms with Crippen LogP contribution in [-0.4, -0.2) is 16.7 Å². The molecule has 0 spiro atoms. The van der Waals surface area contributed by atoms with Gasteiger partial charge in [-0.05, 0) is 11.5 Å². The molecule has 1 heterocycles. The molecule has 1 aromatic heterocycles. The standard InChI is InChI=1S/C11H9NO2S.Na/c13-10(14)7-15-11-9-4-2-1-3-8(9)5-6-12-11;/h1-6H,7H2,(H,13,14);/q;+1/p-1. The van der Waals surface area contributed by atoms with Crippen molar-refractivity contribution in [3.05, 3.63) is 36.5 Å². The van der Waals surface area contributed by atoms with Crippen molar-refractivity contribution < 1.29 is 39.5 Å². The summed E-state index contributed by atoms with van der Waals surface area (Å²) in [6.45, 7) is 0. The van der Waals surface area contributed by atoms with Gasteiger partial charge in [-0.3, -0.25) is 0 Å². The molecule has 2 rings (SSSR count). The second-order valence-electron chi connectivity index (χ2n) is 3.00. The molecule has 3 nitrogen and oxygen atoms in total. The first kappa shape index (κ1) is 13.5. The van der Waals surface area contributed by atoms with E-state index in [4.69, 9.17) is 0 Å². The van der Waals surface area contributed by atoms with Gasteiger partial charge in [0, 0.05) is 17.3 Å². The summed E-state index contributed by atoms with van der Waals surface area (Å²) in [5.74, 6) is -1.14. The number of pyridine rings is 1. The number of fused-ring (bicyclic) bond motifs is 1. The molecule has 0 aliphatic heterocycles. The number of carboxylic acid groups (broad SMARTS) is 1. The zero-order valence-electron chi connectivity index (χ0n) is 8.84. The molecule has 5 heteroatoms. The molecular weight excluding hydrogens is 233 g/mol. The molecule has 0 radical (unpaired) electrons. The maximum atomic E-state index is 10.3. The molecule has 0 bridgehead atoms. The average molecular weight is 241 g/mol. The first-order valence-corrected chi connectivity index (χ1v) is 5.42. The molecular formula is C11H8NNaO2S. The van der Waals surface area contributed by atoms with E-state index in [1.54, 1.807) is 6.20 Å². The number of hydrogen-bond donors (Lipinski definition) is 0. The molecule has 1 aromatic carbocycles. The van der Waals surface area contributed by atoms with Crippen molar-refractivity contribution in [1.29, 1.82) is 0 Å². The van der Waals surface area contributed by atoms with Gasteiger partial charge in [0.05, 0.1) is 5.97 Å². The van der Waals surface area contributed by atoms with E-state index < -0.39 is 5.97 Å². The van der Waals surface area contributed by atoms with Crippen LogP contribution in [0.1, 0.15) is 0 Å². The largest absolute Gasteiger partial charge is 1.00 e. The SMILES string of the molecule is O=C([O-])CSc1nccc2ccccc12.[Na+]. The van der Waals surface area contributed by atoms with Gasteiger partial charge in [-0.1, -0.05) is 36.0 Å². The van der Waals surface area contributed by atoms with Crippen LogP contribution in [0, 0.1) is 0 Å². The topological polar surface area (TPSA) is 53.0 Å². The molecule has 0 fully saturated rings. The van der Waals surface area contributed by atoms with Crippen molar-refractivity contribution >= 4 is 28.5 Å². The van der Waals surface area contributed by atoms with Gasteiger partial charge < -0.3 is 9.90 Å². The second kappa shape index (κ2) is 6.25. The Morgan fingerprint density at radius 3 is 2.81 bits per heavy atom. The molecule has 16 heavy (non-hydrogen) atoms. The van der Waals surface area contributed by atoms with Crippen LogP contribution in [0.4, 0.5) is 0 Å². The third-order valence-electron chi connectivity index (χ3n) is 1.96. The summed E-state index contributed by atoms with van der Waals surface area (Å²) >= 11 is 1.18. The van der Waals surface area contributed by atoms with Gasteiger partial charge in [0.25, 0.3) is 0 Å². The van der Waals surface area contributed by atoms with E-state index in [1.807, 2.05) is 30.3 Å². The molecule has 0 aliphatic carbocycles. The molecule has 0 aliphatic rings. The van der Waals surface area contributed by atoms with Crippen LogP contribution in [0.5, 0.6) is 0 Å². The number of hydrogen-bond acceptors (Lipinski definition) is 4. The van der Waals surface area contributed by atoms with Crippen LogP contribution in [0.3, 0.4) is 0 Å². The molecule has 0 atom stereocenters. The Morgan fingerprint density at radius 2 is 2.06 bits per heavy atom. The number of rotatable bonds is 3. The summed E-state index contributed by atoms with van der Waals surface area (Å²) < 4.78 is 0. The van der Waals surface area contributed by atoms with Crippen molar-refractivity contribution in [3.63, 3.8) is 0 Å². The van der Waals surface area contributed by atoms with E-state index >= 15 is 0 Å². The molecule has 0 amide bonds. The van der Waals surface area contributed by atoms with Gasteiger partial charge in [0.1, 0.15) is 5.03 Å². The van der Waals surface area contributed by atoms with Crippen LogP contribution >= 0.6 is 11.8 Å². The van der Waals surface area contributed by atoms with E-state index in [1.165, 1.54) is 11.8 Å². The molecule has 0 saturated heterocycles. The minimum atomic E-state index is -1.07.